The lowest BCUT2D eigenvalue weighted by molar-refractivity contribution is -0.138. The van der Waals surface area contributed by atoms with Gasteiger partial charge in [-0.15, -0.1) is 0 Å². The fourth-order valence-electron chi connectivity index (χ4n) is 0.923. The zero-order valence-corrected chi connectivity index (χ0v) is 9.14. The summed E-state index contributed by atoms with van der Waals surface area (Å²) in [5.41, 5.74) is -0.0125. The first-order valence-electron chi connectivity index (χ1n) is 4.60. The second kappa shape index (κ2) is 3.92. The quantitative estimate of drug-likeness (QED) is 0.638. The van der Waals surface area contributed by atoms with Gasteiger partial charge >= 0.3 is 0 Å². The molecule has 1 amide bonds. The van der Waals surface area contributed by atoms with E-state index in [1.54, 1.807) is 0 Å². The Morgan fingerprint density at radius 3 is 2.08 bits per heavy atom. The first kappa shape index (κ1) is 11.5. The molecule has 0 radical (unpaired) electrons. The summed E-state index contributed by atoms with van der Waals surface area (Å²) in [5.74, 6) is 0.322. The number of hydrogen-bond acceptors (Lipinski definition) is 1. The molecule has 0 saturated carbocycles. The van der Waals surface area contributed by atoms with Gasteiger partial charge in [-0.25, -0.2) is 0 Å². The monoisotopic (exact) mass is 171 g/mol. The standard InChI is InChI=1S/C10H21NO/c1-7-10(4,5)11(6)9(12)8(2)3/h8H,7H2,1-6H3. The number of carbonyl (C=O) groups excluding carboxylic acids is 1. The van der Waals surface area contributed by atoms with E-state index in [4.69, 9.17) is 0 Å². The Bertz CT molecular complexity index is 161. The summed E-state index contributed by atoms with van der Waals surface area (Å²) >= 11 is 0. The van der Waals surface area contributed by atoms with Crippen LogP contribution in [0.4, 0.5) is 0 Å². The van der Waals surface area contributed by atoms with Crippen LogP contribution in [0.3, 0.4) is 0 Å². The molecule has 2 nitrogen and oxygen atoms in total. The van der Waals surface area contributed by atoms with E-state index in [1.165, 1.54) is 0 Å². The van der Waals surface area contributed by atoms with Gasteiger partial charge in [-0.2, -0.15) is 0 Å². The molecule has 0 fully saturated rings. The third-order valence-corrected chi connectivity index (χ3v) is 2.60. The van der Waals surface area contributed by atoms with Crippen LogP contribution >= 0.6 is 0 Å². The van der Waals surface area contributed by atoms with Gasteiger partial charge in [0.15, 0.2) is 0 Å². The second-order valence-corrected chi connectivity index (χ2v) is 4.22. The largest absolute Gasteiger partial charge is 0.340 e. The van der Waals surface area contributed by atoms with Crippen LogP contribution in [0.1, 0.15) is 41.0 Å². The zero-order valence-electron chi connectivity index (χ0n) is 9.14. The lowest BCUT2D eigenvalue weighted by atomic mass is 9.98. The lowest BCUT2D eigenvalue weighted by Crippen LogP contribution is -2.46. The van der Waals surface area contributed by atoms with Crippen molar-refractivity contribution < 1.29 is 4.79 Å². The molecule has 72 valence electrons. The molecule has 0 aromatic rings. The van der Waals surface area contributed by atoms with Crippen molar-refractivity contribution in [3.63, 3.8) is 0 Å². The molecule has 0 saturated heterocycles. The van der Waals surface area contributed by atoms with Crippen molar-refractivity contribution in [2.75, 3.05) is 7.05 Å². The highest BCUT2D eigenvalue weighted by atomic mass is 16.2. The molecule has 0 unspecified atom stereocenters. The van der Waals surface area contributed by atoms with E-state index in [1.807, 2.05) is 25.8 Å². The molecule has 0 atom stereocenters. The third kappa shape index (κ3) is 2.50. The van der Waals surface area contributed by atoms with Crippen LogP contribution in [0.25, 0.3) is 0 Å². The van der Waals surface area contributed by atoms with Gasteiger partial charge in [0, 0.05) is 18.5 Å². The summed E-state index contributed by atoms with van der Waals surface area (Å²) in [6.07, 6.45) is 0.988. The molecule has 0 aliphatic carbocycles. The van der Waals surface area contributed by atoms with E-state index in [9.17, 15) is 4.79 Å². The fourth-order valence-corrected chi connectivity index (χ4v) is 0.923. The first-order valence-corrected chi connectivity index (χ1v) is 4.60. The SMILES string of the molecule is CCC(C)(C)N(C)C(=O)C(C)C. The Hall–Kier alpha value is -0.530. The highest BCUT2D eigenvalue weighted by molar-refractivity contribution is 5.78. The first-order chi connectivity index (χ1) is 5.33. The number of amides is 1. The van der Waals surface area contributed by atoms with E-state index >= 15 is 0 Å². The van der Waals surface area contributed by atoms with Crippen LogP contribution in [0, 0.1) is 5.92 Å². The van der Waals surface area contributed by atoms with Gasteiger partial charge < -0.3 is 4.90 Å². The Labute approximate surface area is 75.9 Å². The number of nitrogens with zero attached hydrogens (tertiary/aromatic N) is 1. The maximum Gasteiger partial charge on any atom is 0.225 e. The van der Waals surface area contributed by atoms with Gasteiger partial charge in [0.2, 0.25) is 5.91 Å². The molecule has 0 aromatic carbocycles. The smallest absolute Gasteiger partial charge is 0.225 e. The molecular formula is C10H21NO. The van der Waals surface area contributed by atoms with E-state index < -0.39 is 0 Å². The van der Waals surface area contributed by atoms with Crippen molar-refractivity contribution in [3.8, 4) is 0 Å². The van der Waals surface area contributed by atoms with Gasteiger partial charge in [0.25, 0.3) is 0 Å². The normalized spacial score (nSPS) is 11.9. The van der Waals surface area contributed by atoms with E-state index in [0.29, 0.717) is 0 Å². The van der Waals surface area contributed by atoms with Gasteiger partial charge in [-0.05, 0) is 20.3 Å². The minimum atomic E-state index is -0.0125. The van der Waals surface area contributed by atoms with Crippen molar-refractivity contribution in [2.24, 2.45) is 5.92 Å². The van der Waals surface area contributed by atoms with Crippen molar-refractivity contribution in [2.45, 2.75) is 46.6 Å². The van der Waals surface area contributed by atoms with Crippen LogP contribution in [0.5, 0.6) is 0 Å². The molecule has 0 heterocycles. The highest BCUT2D eigenvalue weighted by Gasteiger charge is 2.26. The maximum absolute atomic E-state index is 11.6. The molecule has 0 N–H and O–H groups in total. The summed E-state index contributed by atoms with van der Waals surface area (Å²) in [4.78, 5) is 13.4. The second-order valence-electron chi connectivity index (χ2n) is 4.22. The van der Waals surface area contributed by atoms with Crippen molar-refractivity contribution in [3.05, 3.63) is 0 Å². The highest BCUT2D eigenvalue weighted by Crippen LogP contribution is 2.18. The lowest BCUT2D eigenvalue weighted by Gasteiger charge is -2.36. The van der Waals surface area contributed by atoms with Gasteiger partial charge in [0.05, 0.1) is 0 Å². The zero-order chi connectivity index (χ0) is 9.94. The van der Waals surface area contributed by atoms with Gasteiger partial charge in [-0.3, -0.25) is 4.79 Å². The Morgan fingerprint density at radius 1 is 1.42 bits per heavy atom. The molecule has 0 aliphatic heterocycles. The molecule has 0 bridgehead atoms. The minimum absolute atomic E-state index is 0.0125. The molecule has 2 heteroatoms. The third-order valence-electron chi connectivity index (χ3n) is 2.60. The summed E-state index contributed by atoms with van der Waals surface area (Å²) in [6, 6.07) is 0. The van der Waals surface area contributed by atoms with Gasteiger partial charge in [0.1, 0.15) is 0 Å². The minimum Gasteiger partial charge on any atom is -0.340 e. The van der Waals surface area contributed by atoms with Crippen LogP contribution in [0.2, 0.25) is 0 Å². The topological polar surface area (TPSA) is 20.3 Å². The van der Waals surface area contributed by atoms with E-state index in [-0.39, 0.29) is 17.4 Å². The number of hydrogen-bond donors (Lipinski definition) is 0. The maximum atomic E-state index is 11.6. The summed E-state index contributed by atoms with van der Waals surface area (Å²) < 4.78 is 0. The van der Waals surface area contributed by atoms with Crippen LogP contribution in [-0.2, 0) is 4.79 Å². The van der Waals surface area contributed by atoms with Crippen LogP contribution in [-0.4, -0.2) is 23.4 Å². The summed E-state index contributed by atoms with van der Waals surface area (Å²) in [6.45, 7) is 10.2. The van der Waals surface area contributed by atoms with Crippen molar-refractivity contribution in [1.29, 1.82) is 0 Å². The van der Waals surface area contributed by atoms with E-state index in [0.717, 1.165) is 6.42 Å². The molecule has 0 spiro atoms. The average Bonchev–Trinajstić information content (AvgIpc) is 2.01. The predicted molar refractivity (Wildman–Crippen MR) is 52.0 cm³/mol. The van der Waals surface area contributed by atoms with Gasteiger partial charge in [-0.1, -0.05) is 20.8 Å². The van der Waals surface area contributed by atoms with Crippen LogP contribution in [0.15, 0.2) is 0 Å². The summed E-state index contributed by atoms with van der Waals surface area (Å²) in [7, 11) is 1.88. The molecule has 0 rings (SSSR count). The fraction of sp³-hybridized carbons (Fsp3) is 0.900. The molecular weight excluding hydrogens is 150 g/mol. The van der Waals surface area contributed by atoms with Crippen molar-refractivity contribution >= 4 is 5.91 Å². The number of rotatable bonds is 3. The predicted octanol–water partition coefficient (Wildman–Crippen LogP) is 2.29. The summed E-state index contributed by atoms with van der Waals surface area (Å²) in [5, 5.41) is 0. The molecule has 12 heavy (non-hydrogen) atoms. The average molecular weight is 171 g/mol. The van der Waals surface area contributed by atoms with Crippen LogP contribution < -0.4 is 0 Å². The molecule has 0 aromatic heterocycles. The Balaban J connectivity index is 4.38. The van der Waals surface area contributed by atoms with E-state index in [2.05, 4.69) is 20.8 Å². The van der Waals surface area contributed by atoms with Crippen molar-refractivity contribution in [1.82, 2.24) is 4.90 Å². The molecule has 0 aliphatic rings. The number of carbonyl (C=O) groups is 1. The Morgan fingerprint density at radius 2 is 1.83 bits per heavy atom. The Kier molecular flexibility index (Phi) is 3.75.